The Morgan fingerprint density at radius 3 is 3.00 bits per heavy atom. The molecule has 2 rings (SSSR count). The van der Waals surface area contributed by atoms with Crippen molar-refractivity contribution in [1.29, 1.82) is 0 Å². The fourth-order valence-corrected chi connectivity index (χ4v) is 2.68. The first-order valence-corrected chi connectivity index (χ1v) is 6.43. The zero-order valence-corrected chi connectivity index (χ0v) is 11.4. The van der Waals surface area contributed by atoms with Crippen LogP contribution in [-0.2, 0) is 4.74 Å². The molecule has 0 amide bonds. The van der Waals surface area contributed by atoms with Gasteiger partial charge in [-0.25, -0.2) is 0 Å². The van der Waals surface area contributed by atoms with Crippen LogP contribution in [0.15, 0.2) is 22.7 Å². The molecule has 1 heterocycles. The Balaban J connectivity index is 2.28. The molecule has 0 radical (unpaired) electrons. The summed E-state index contributed by atoms with van der Waals surface area (Å²) in [6, 6.07) is 6.00. The van der Waals surface area contributed by atoms with Crippen molar-refractivity contribution in [3.8, 4) is 5.75 Å². The first-order valence-electron chi connectivity index (χ1n) is 5.63. The lowest BCUT2D eigenvalue weighted by Crippen LogP contribution is -2.34. The average molecular weight is 301 g/mol. The molecule has 1 aliphatic rings. The fourth-order valence-electron chi connectivity index (χ4n) is 2.18. The number of methoxy groups -OCH3 is 1. The van der Waals surface area contributed by atoms with E-state index in [1.807, 2.05) is 18.2 Å². The normalized spacial score (nSPS) is 21.5. The van der Waals surface area contributed by atoms with E-state index in [1.165, 1.54) is 0 Å². The van der Waals surface area contributed by atoms with E-state index in [9.17, 15) is 0 Å². The Morgan fingerprint density at radius 1 is 1.59 bits per heavy atom. The summed E-state index contributed by atoms with van der Waals surface area (Å²) in [4.78, 5) is 0. The highest BCUT2D eigenvalue weighted by molar-refractivity contribution is 9.10. The highest BCUT2D eigenvalue weighted by atomic mass is 79.9. The molecule has 0 aromatic heterocycles. The van der Waals surface area contributed by atoms with Crippen molar-refractivity contribution in [2.45, 2.75) is 12.5 Å². The summed E-state index contributed by atoms with van der Waals surface area (Å²) < 4.78 is 11.7. The van der Waals surface area contributed by atoms with Crippen LogP contribution in [-0.4, -0.2) is 20.3 Å². The van der Waals surface area contributed by atoms with Crippen molar-refractivity contribution in [2.24, 2.45) is 11.8 Å². The summed E-state index contributed by atoms with van der Waals surface area (Å²) in [5.41, 5.74) is 4.00. The van der Waals surface area contributed by atoms with Crippen molar-refractivity contribution in [2.75, 3.05) is 20.3 Å². The van der Waals surface area contributed by atoms with Gasteiger partial charge in [-0.1, -0.05) is 15.9 Å². The van der Waals surface area contributed by atoms with E-state index in [2.05, 4.69) is 21.4 Å². The lowest BCUT2D eigenvalue weighted by Gasteiger charge is -2.23. The zero-order chi connectivity index (χ0) is 12.3. The van der Waals surface area contributed by atoms with E-state index in [-0.39, 0.29) is 6.04 Å². The summed E-state index contributed by atoms with van der Waals surface area (Å²) >= 11 is 3.56. The standard InChI is InChI=1S/C12H17BrN2O2/c1-16-9-2-3-11(13)10(6-9)12(15-14)8-4-5-17-7-8/h2-3,6,8,12,15H,4-5,7,14H2,1H3. The third-order valence-electron chi connectivity index (χ3n) is 3.15. The summed E-state index contributed by atoms with van der Waals surface area (Å²) in [6.45, 7) is 1.56. The van der Waals surface area contributed by atoms with Gasteiger partial charge in [0.25, 0.3) is 0 Å². The van der Waals surface area contributed by atoms with Crippen molar-refractivity contribution in [1.82, 2.24) is 5.43 Å². The Hall–Kier alpha value is -0.620. The number of ether oxygens (including phenoxy) is 2. The van der Waals surface area contributed by atoms with Crippen LogP contribution >= 0.6 is 15.9 Å². The SMILES string of the molecule is COc1ccc(Br)c(C(NN)C2CCOC2)c1. The molecule has 1 fully saturated rings. The number of halogens is 1. The van der Waals surface area contributed by atoms with E-state index in [4.69, 9.17) is 15.3 Å². The topological polar surface area (TPSA) is 56.5 Å². The van der Waals surface area contributed by atoms with E-state index in [0.29, 0.717) is 5.92 Å². The molecule has 94 valence electrons. The maximum absolute atomic E-state index is 5.68. The minimum absolute atomic E-state index is 0.0852. The maximum atomic E-state index is 5.68. The lowest BCUT2D eigenvalue weighted by atomic mass is 9.93. The van der Waals surface area contributed by atoms with Gasteiger partial charge in [0.1, 0.15) is 5.75 Å². The average Bonchev–Trinajstić information content (AvgIpc) is 2.86. The molecule has 1 aromatic rings. The zero-order valence-electron chi connectivity index (χ0n) is 9.78. The van der Waals surface area contributed by atoms with Gasteiger partial charge in [0.15, 0.2) is 0 Å². The van der Waals surface area contributed by atoms with Crippen LogP contribution in [0.25, 0.3) is 0 Å². The van der Waals surface area contributed by atoms with Gasteiger partial charge in [-0.2, -0.15) is 0 Å². The van der Waals surface area contributed by atoms with Crippen LogP contribution in [0.5, 0.6) is 5.75 Å². The second-order valence-electron chi connectivity index (χ2n) is 4.16. The first kappa shape index (κ1) is 12.8. The number of nitrogens with one attached hydrogen (secondary N) is 1. The molecule has 3 N–H and O–H groups in total. The molecule has 0 aliphatic carbocycles. The summed E-state index contributed by atoms with van der Waals surface area (Å²) in [5, 5.41) is 0. The summed E-state index contributed by atoms with van der Waals surface area (Å²) in [5.74, 6) is 6.92. The first-order chi connectivity index (χ1) is 8.26. The molecule has 5 heteroatoms. The van der Waals surface area contributed by atoms with Gasteiger partial charge in [0.05, 0.1) is 19.8 Å². The van der Waals surface area contributed by atoms with Crippen molar-refractivity contribution >= 4 is 15.9 Å². The third kappa shape index (κ3) is 2.80. The van der Waals surface area contributed by atoms with E-state index in [0.717, 1.165) is 35.4 Å². The van der Waals surface area contributed by atoms with Crippen molar-refractivity contribution in [3.63, 3.8) is 0 Å². The lowest BCUT2D eigenvalue weighted by molar-refractivity contribution is 0.176. The minimum atomic E-state index is 0.0852. The number of hydrogen-bond acceptors (Lipinski definition) is 4. The number of hydrogen-bond donors (Lipinski definition) is 2. The van der Waals surface area contributed by atoms with Gasteiger partial charge in [-0.15, -0.1) is 0 Å². The van der Waals surface area contributed by atoms with Crippen LogP contribution in [0.2, 0.25) is 0 Å². The molecule has 0 saturated carbocycles. The molecule has 0 bridgehead atoms. The molecule has 1 saturated heterocycles. The number of rotatable bonds is 4. The monoisotopic (exact) mass is 300 g/mol. The van der Waals surface area contributed by atoms with Crippen molar-refractivity contribution in [3.05, 3.63) is 28.2 Å². The largest absolute Gasteiger partial charge is 0.497 e. The predicted octanol–water partition coefficient (Wildman–Crippen LogP) is 2.00. The maximum Gasteiger partial charge on any atom is 0.119 e. The van der Waals surface area contributed by atoms with Gasteiger partial charge in [0, 0.05) is 17.0 Å². The van der Waals surface area contributed by atoms with Gasteiger partial charge < -0.3 is 9.47 Å². The van der Waals surface area contributed by atoms with Gasteiger partial charge in [0.2, 0.25) is 0 Å². The van der Waals surface area contributed by atoms with Crippen LogP contribution < -0.4 is 16.0 Å². The third-order valence-corrected chi connectivity index (χ3v) is 3.88. The molecular weight excluding hydrogens is 284 g/mol. The second-order valence-corrected chi connectivity index (χ2v) is 5.01. The van der Waals surface area contributed by atoms with Crippen LogP contribution in [0, 0.1) is 5.92 Å². The molecule has 17 heavy (non-hydrogen) atoms. The quantitative estimate of drug-likeness (QED) is 0.660. The van der Waals surface area contributed by atoms with Crippen LogP contribution in [0.4, 0.5) is 0 Å². The van der Waals surface area contributed by atoms with Gasteiger partial charge >= 0.3 is 0 Å². The minimum Gasteiger partial charge on any atom is -0.497 e. The molecule has 2 atom stereocenters. The Kier molecular flexibility index (Phi) is 4.39. The highest BCUT2D eigenvalue weighted by Crippen LogP contribution is 2.34. The Morgan fingerprint density at radius 2 is 2.41 bits per heavy atom. The molecular formula is C12H17BrN2O2. The molecule has 4 nitrogen and oxygen atoms in total. The summed E-state index contributed by atoms with van der Waals surface area (Å²) in [7, 11) is 1.66. The predicted molar refractivity (Wildman–Crippen MR) is 69.7 cm³/mol. The smallest absolute Gasteiger partial charge is 0.119 e. The van der Waals surface area contributed by atoms with E-state index in [1.54, 1.807) is 7.11 Å². The van der Waals surface area contributed by atoms with Gasteiger partial charge in [-0.05, 0) is 30.2 Å². The van der Waals surface area contributed by atoms with E-state index < -0.39 is 0 Å². The second kappa shape index (κ2) is 5.82. The van der Waals surface area contributed by atoms with Gasteiger partial charge in [-0.3, -0.25) is 11.3 Å². The van der Waals surface area contributed by atoms with E-state index >= 15 is 0 Å². The molecule has 1 aliphatic heterocycles. The molecule has 1 aromatic carbocycles. The number of benzene rings is 1. The Labute approximate surface area is 110 Å². The number of nitrogens with two attached hydrogens (primary N) is 1. The fraction of sp³-hybridized carbons (Fsp3) is 0.500. The van der Waals surface area contributed by atoms with Crippen LogP contribution in [0.1, 0.15) is 18.0 Å². The number of hydrazine groups is 1. The Bertz CT molecular complexity index is 381. The highest BCUT2D eigenvalue weighted by Gasteiger charge is 2.27. The molecule has 2 unspecified atom stereocenters. The molecule has 0 spiro atoms. The van der Waals surface area contributed by atoms with Crippen molar-refractivity contribution < 1.29 is 9.47 Å². The summed E-state index contributed by atoms with van der Waals surface area (Å²) in [6.07, 6.45) is 1.03. The van der Waals surface area contributed by atoms with Crippen LogP contribution in [0.3, 0.4) is 0 Å².